The zero-order chi connectivity index (χ0) is 21.4. The van der Waals surface area contributed by atoms with Gasteiger partial charge in [-0.1, -0.05) is 18.2 Å². The number of benzene rings is 2. The van der Waals surface area contributed by atoms with Crippen LogP contribution in [0.5, 0.6) is 11.5 Å². The van der Waals surface area contributed by atoms with Crippen LogP contribution in [0, 0.1) is 5.41 Å². The van der Waals surface area contributed by atoms with Gasteiger partial charge in [0.05, 0.1) is 13.2 Å². The molecule has 0 aliphatic heterocycles. The third kappa shape index (κ3) is 6.24. The Hall–Kier alpha value is -3.02. The first-order valence-corrected chi connectivity index (χ1v) is 9.72. The van der Waals surface area contributed by atoms with Gasteiger partial charge in [-0.3, -0.25) is 9.59 Å². The first-order chi connectivity index (χ1) is 13.7. The molecule has 0 aliphatic rings. The first-order valence-electron chi connectivity index (χ1n) is 9.72. The number of carbonyl (C=O) groups is 2. The highest BCUT2D eigenvalue weighted by atomic mass is 16.5. The summed E-state index contributed by atoms with van der Waals surface area (Å²) in [5, 5.41) is 5.64. The van der Waals surface area contributed by atoms with Crippen molar-refractivity contribution in [2.45, 2.75) is 40.2 Å². The van der Waals surface area contributed by atoms with E-state index in [-0.39, 0.29) is 17.9 Å². The second kappa shape index (κ2) is 9.96. The molecule has 0 saturated heterocycles. The van der Waals surface area contributed by atoms with E-state index in [1.54, 1.807) is 45.2 Å². The van der Waals surface area contributed by atoms with E-state index in [0.29, 0.717) is 18.7 Å². The predicted molar refractivity (Wildman–Crippen MR) is 114 cm³/mol. The normalized spacial score (nSPS) is 11.1. The maximum absolute atomic E-state index is 12.6. The van der Waals surface area contributed by atoms with Gasteiger partial charge in [0, 0.05) is 12.2 Å². The number of rotatable bonds is 9. The Bertz CT molecular complexity index is 829. The predicted octanol–water partition coefficient (Wildman–Crippen LogP) is 3.81. The van der Waals surface area contributed by atoms with Crippen LogP contribution in [0.1, 0.15) is 33.3 Å². The topological polar surface area (TPSA) is 76.7 Å². The van der Waals surface area contributed by atoms with E-state index < -0.39 is 5.41 Å². The van der Waals surface area contributed by atoms with E-state index >= 15 is 0 Å². The van der Waals surface area contributed by atoms with Gasteiger partial charge in [0.2, 0.25) is 11.8 Å². The van der Waals surface area contributed by atoms with Crippen LogP contribution in [0.15, 0.2) is 48.5 Å². The molecule has 6 heteroatoms. The lowest BCUT2D eigenvalue weighted by atomic mass is 9.90. The molecule has 0 aliphatic carbocycles. The summed E-state index contributed by atoms with van der Waals surface area (Å²) in [6.07, 6.45) is 0.694. The minimum absolute atomic E-state index is 0.0777. The van der Waals surface area contributed by atoms with E-state index in [0.717, 1.165) is 17.1 Å². The highest BCUT2D eigenvalue weighted by Gasteiger charge is 2.35. The summed E-state index contributed by atoms with van der Waals surface area (Å²) in [6.45, 7) is 7.53. The second-order valence-corrected chi connectivity index (χ2v) is 7.59. The van der Waals surface area contributed by atoms with Crippen molar-refractivity contribution >= 4 is 17.5 Å². The van der Waals surface area contributed by atoms with Gasteiger partial charge < -0.3 is 20.1 Å². The Labute approximate surface area is 172 Å². The molecule has 29 heavy (non-hydrogen) atoms. The quantitative estimate of drug-likeness (QED) is 0.630. The minimum Gasteiger partial charge on any atom is -0.496 e. The van der Waals surface area contributed by atoms with Crippen molar-refractivity contribution in [3.8, 4) is 11.5 Å². The summed E-state index contributed by atoms with van der Waals surface area (Å²) in [5.41, 5.74) is 0.399. The molecule has 0 fully saturated rings. The highest BCUT2D eigenvalue weighted by molar-refractivity contribution is 6.09. The molecule has 0 unspecified atom stereocenters. The van der Waals surface area contributed by atoms with Crippen LogP contribution >= 0.6 is 0 Å². The Balaban J connectivity index is 1.90. The van der Waals surface area contributed by atoms with Crippen LogP contribution in [-0.4, -0.2) is 31.6 Å². The average molecular weight is 399 g/mol. The number of carbonyl (C=O) groups excluding carboxylic acids is 2. The van der Waals surface area contributed by atoms with Crippen molar-refractivity contribution in [3.63, 3.8) is 0 Å². The fourth-order valence-corrected chi connectivity index (χ4v) is 2.72. The van der Waals surface area contributed by atoms with Crippen LogP contribution in [0.2, 0.25) is 0 Å². The molecular weight excluding hydrogens is 368 g/mol. The van der Waals surface area contributed by atoms with Crippen molar-refractivity contribution in [1.82, 2.24) is 5.32 Å². The summed E-state index contributed by atoms with van der Waals surface area (Å²) in [7, 11) is 1.62. The molecule has 0 spiro atoms. The van der Waals surface area contributed by atoms with Crippen LogP contribution in [0.25, 0.3) is 0 Å². The molecule has 0 radical (unpaired) electrons. The third-order valence-electron chi connectivity index (χ3n) is 4.49. The number of ether oxygens (including phenoxy) is 2. The van der Waals surface area contributed by atoms with Gasteiger partial charge in [-0.2, -0.15) is 0 Å². The summed E-state index contributed by atoms with van der Waals surface area (Å²) in [5.74, 6) is 0.810. The smallest absolute Gasteiger partial charge is 0.239 e. The van der Waals surface area contributed by atoms with Crippen LogP contribution in [-0.2, 0) is 16.0 Å². The lowest BCUT2D eigenvalue weighted by Crippen LogP contribution is -2.45. The highest BCUT2D eigenvalue weighted by Crippen LogP contribution is 2.22. The van der Waals surface area contributed by atoms with E-state index in [2.05, 4.69) is 10.6 Å². The summed E-state index contributed by atoms with van der Waals surface area (Å²) in [6, 6.07) is 14.7. The number of methoxy groups -OCH3 is 1. The van der Waals surface area contributed by atoms with Crippen LogP contribution in [0.3, 0.4) is 0 Å². The molecule has 0 heterocycles. The standard InChI is InChI=1S/C23H30N2O4/c1-16(2)29-19-12-10-18(11-13-19)25-22(27)23(3,4)21(26)24-15-14-17-8-6-7-9-20(17)28-5/h6-13,16H,14-15H2,1-5H3,(H,24,26)(H,25,27). The SMILES string of the molecule is COc1ccccc1CCNC(=O)C(C)(C)C(=O)Nc1ccc(OC(C)C)cc1. The minimum atomic E-state index is -1.21. The van der Waals surface area contributed by atoms with Crippen LogP contribution < -0.4 is 20.1 Å². The molecule has 0 bridgehead atoms. The summed E-state index contributed by atoms with van der Waals surface area (Å²) < 4.78 is 10.9. The van der Waals surface area contributed by atoms with Gasteiger partial charge >= 0.3 is 0 Å². The van der Waals surface area contributed by atoms with E-state index in [1.807, 2.05) is 38.1 Å². The Kier molecular flexibility index (Phi) is 7.65. The van der Waals surface area contributed by atoms with Crippen molar-refractivity contribution in [2.24, 2.45) is 5.41 Å². The third-order valence-corrected chi connectivity index (χ3v) is 4.49. The Morgan fingerprint density at radius 1 is 1.00 bits per heavy atom. The molecule has 0 aromatic heterocycles. The number of amides is 2. The Morgan fingerprint density at radius 2 is 1.66 bits per heavy atom. The van der Waals surface area contributed by atoms with Crippen LogP contribution in [0.4, 0.5) is 5.69 Å². The first kappa shape index (κ1) is 22.3. The van der Waals surface area contributed by atoms with E-state index in [1.165, 1.54) is 0 Å². The van der Waals surface area contributed by atoms with Crippen molar-refractivity contribution in [2.75, 3.05) is 19.0 Å². The largest absolute Gasteiger partial charge is 0.496 e. The zero-order valence-electron chi connectivity index (χ0n) is 17.7. The monoisotopic (exact) mass is 398 g/mol. The lowest BCUT2D eigenvalue weighted by Gasteiger charge is -2.23. The zero-order valence-corrected chi connectivity index (χ0v) is 17.7. The lowest BCUT2D eigenvalue weighted by molar-refractivity contribution is -0.138. The number of nitrogens with one attached hydrogen (secondary N) is 2. The molecule has 2 rings (SSSR count). The molecule has 2 amide bonds. The van der Waals surface area contributed by atoms with Crippen molar-refractivity contribution in [1.29, 1.82) is 0 Å². The molecule has 0 saturated carbocycles. The fourth-order valence-electron chi connectivity index (χ4n) is 2.72. The number of anilines is 1. The molecule has 2 N–H and O–H groups in total. The molecular formula is C23H30N2O4. The van der Waals surface area contributed by atoms with Gasteiger partial charge in [0.1, 0.15) is 16.9 Å². The molecule has 2 aromatic carbocycles. The van der Waals surface area contributed by atoms with E-state index in [4.69, 9.17) is 9.47 Å². The van der Waals surface area contributed by atoms with Gasteiger partial charge in [-0.05, 0) is 70.0 Å². The number of para-hydroxylation sites is 1. The average Bonchev–Trinajstić information content (AvgIpc) is 2.69. The van der Waals surface area contributed by atoms with Gasteiger partial charge in [-0.15, -0.1) is 0 Å². The second-order valence-electron chi connectivity index (χ2n) is 7.59. The van der Waals surface area contributed by atoms with Gasteiger partial charge in [0.25, 0.3) is 0 Å². The van der Waals surface area contributed by atoms with E-state index in [9.17, 15) is 9.59 Å². The maximum atomic E-state index is 12.6. The fraction of sp³-hybridized carbons (Fsp3) is 0.391. The van der Waals surface area contributed by atoms with Crippen molar-refractivity contribution in [3.05, 3.63) is 54.1 Å². The Morgan fingerprint density at radius 3 is 2.28 bits per heavy atom. The van der Waals surface area contributed by atoms with Gasteiger partial charge in [0.15, 0.2) is 0 Å². The maximum Gasteiger partial charge on any atom is 0.239 e. The molecule has 6 nitrogen and oxygen atoms in total. The molecule has 156 valence electrons. The summed E-state index contributed by atoms with van der Waals surface area (Å²) >= 11 is 0. The van der Waals surface area contributed by atoms with Gasteiger partial charge in [-0.25, -0.2) is 0 Å². The summed E-state index contributed by atoms with van der Waals surface area (Å²) in [4.78, 5) is 25.2. The molecule has 0 atom stereocenters. The molecule has 2 aromatic rings. The van der Waals surface area contributed by atoms with Crippen molar-refractivity contribution < 1.29 is 19.1 Å². The number of hydrogen-bond acceptors (Lipinski definition) is 4. The number of hydrogen-bond donors (Lipinski definition) is 2.